The van der Waals surface area contributed by atoms with Crippen LogP contribution in [0.4, 0.5) is 5.69 Å². The first-order valence-corrected chi connectivity index (χ1v) is 10.0. The number of rotatable bonds is 4. The van der Waals surface area contributed by atoms with Gasteiger partial charge in [0, 0.05) is 30.7 Å². The lowest BCUT2D eigenvalue weighted by atomic mass is 9.93. The van der Waals surface area contributed by atoms with E-state index in [-0.39, 0.29) is 23.7 Å². The van der Waals surface area contributed by atoms with Crippen LogP contribution in [0.1, 0.15) is 25.7 Å². The summed E-state index contributed by atoms with van der Waals surface area (Å²) in [6.07, 6.45) is 3.51. The molecule has 26 heavy (non-hydrogen) atoms. The summed E-state index contributed by atoms with van der Waals surface area (Å²) in [5, 5.41) is 0. The van der Waals surface area contributed by atoms with E-state index < -0.39 is 0 Å². The number of amides is 2. The van der Waals surface area contributed by atoms with E-state index in [2.05, 4.69) is 11.9 Å². The van der Waals surface area contributed by atoms with Crippen LogP contribution in [-0.4, -0.2) is 66.8 Å². The summed E-state index contributed by atoms with van der Waals surface area (Å²) in [5.74, 6) is 0.366. The van der Waals surface area contributed by atoms with Gasteiger partial charge in [0.1, 0.15) is 5.88 Å². The zero-order valence-electron chi connectivity index (χ0n) is 15.4. The van der Waals surface area contributed by atoms with Crippen LogP contribution < -0.4 is 4.90 Å². The monoisotopic (exact) mass is 377 g/mol. The Morgan fingerprint density at radius 2 is 1.65 bits per heavy atom. The molecule has 2 aliphatic rings. The molecule has 0 aliphatic carbocycles. The number of hydrogen-bond donors (Lipinski definition) is 0. The summed E-state index contributed by atoms with van der Waals surface area (Å²) < 4.78 is 0. The van der Waals surface area contributed by atoms with Gasteiger partial charge in [-0.3, -0.25) is 9.59 Å². The van der Waals surface area contributed by atoms with Crippen molar-refractivity contribution in [2.75, 3.05) is 44.0 Å². The van der Waals surface area contributed by atoms with Crippen molar-refractivity contribution in [3.8, 4) is 0 Å². The molecule has 2 saturated heterocycles. The first-order chi connectivity index (χ1) is 12.6. The van der Waals surface area contributed by atoms with E-state index in [1.165, 1.54) is 0 Å². The Labute approximate surface area is 160 Å². The molecule has 2 amide bonds. The first-order valence-electron chi connectivity index (χ1n) is 9.50. The topological polar surface area (TPSA) is 43.9 Å². The van der Waals surface area contributed by atoms with Gasteiger partial charge in [0.05, 0.1) is 0 Å². The van der Waals surface area contributed by atoms with Gasteiger partial charge < -0.3 is 14.7 Å². The quantitative estimate of drug-likeness (QED) is 0.757. The Hall–Kier alpha value is -1.59. The molecule has 0 aromatic heterocycles. The molecule has 2 heterocycles. The standard InChI is InChI=1S/C20H28ClN3O2/c1-22-11-7-16(8-12-22)20(26)23-13-9-18(10-14-23)24(19(25)15-21)17-5-3-2-4-6-17/h2-6,16,18H,7-15H2,1H3. The van der Waals surface area contributed by atoms with Gasteiger partial charge in [-0.1, -0.05) is 18.2 Å². The number of piperidine rings is 2. The smallest absolute Gasteiger partial charge is 0.242 e. The van der Waals surface area contributed by atoms with Gasteiger partial charge in [-0.05, 0) is 58.0 Å². The molecule has 3 rings (SSSR count). The van der Waals surface area contributed by atoms with Crippen LogP contribution in [0.5, 0.6) is 0 Å². The molecule has 142 valence electrons. The van der Waals surface area contributed by atoms with Crippen LogP contribution >= 0.6 is 11.6 Å². The largest absolute Gasteiger partial charge is 0.342 e. The van der Waals surface area contributed by atoms with Crippen molar-refractivity contribution >= 4 is 29.1 Å². The van der Waals surface area contributed by atoms with Gasteiger partial charge in [0.2, 0.25) is 11.8 Å². The van der Waals surface area contributed by atoms with E-state index in [4.69, 9.17) is 11.6 Å². The second-order valence-corrected chi connectivity index (χ2v) is 7.63. The van der Waals surface area contributed by atoms with Crippen LogP contribution in [0.25, 0.3) is 0 Å². The summed E-state index contributed by atoms with van der Waals surface area (Å²) in [6, 6.07) is 9.80. The Balaban J connectivity index is 1.61. The van der Waals surface area contributed by atoms with Gasteiger partial charge in [0.25, 0.3) is 0 Å². The summed E-state index contributed by atoms with van der Waals surface area (Å²) in [4.78, 5) is 31.3. The SMILES string of the molecule is CN1CCC(C(=O)N2CCC(N(C(=O)CCl)c3ccccc3)CC2)CC1. The number of para-hydroxylation sites is 1. The lowest BCUT2D eigenvalue weighted by molar-refractivity contribution is -0.138. The Bertz CT molecular complexity index is 609. The molecule has 5 nitrogen and oxygen atoms in total. The number of carbonyl (C=O) groups excluding carboxylic acids is 2. The highest BCUT2D eigenvalue weighted by molar-refractivity contribution is 6.29. The molecule has 0 bridgehead atoms. The maximum Gasteiger partial charge on any atom is 0.242 e. The van der Waals surface area contributed by atoms with E-state index in [0.29, 0.717) is 5.91 Å². The molecule has 2 aliphatic heterocycles. The maximum absolute atomic E-state index is 12.8. The summed E-state index contributed by atoms with van der Waals surface area (Å²) in [5.41, 5.74) is 0.887. The zero-order chi connectivity index (χ0) is 18.5. The zero-order valence-corrected chi connectivity index (χ0v) is 16.2. The van der Waals surface area contributed by atoms with Crippen LogP contribution in [-0.2, 0) is 9.59 Å². The molecule has 1 aromatic rings. The summed E-state index contributed by atoms with van der Waals surface area (Å²) in [6.45, 7) is 3.43. The molecule has 0 saturated carbocycles. The Morgan fingerprint density at radius 3 is 2.23 bits per heavy atom. The van der Waals surface area contributed by atoms with Gasteiger partial charge >= 0.3 is 0 Å². The predicted octanol–water partition coefficient (Wildman–Crippen LogP) is 2.59. The molecule has 0 atom stereocenters. The molecule has 6 heteroatoms. The van der Waals surface area contributed by atoms with E-state index >= 15 is 0 Å². The number of nitrogens with zero attached hydrogens (tertiary/aromatic N) is 3. The average molecular weight is 378 g/mol. The van der Waals surface area contributed by atoms with E-state index in [1.54, 1.807) is 0 Å². The Morgan fingerprint density at radius 1 is 1.04 bits per heavy atom. The minimum absolute atomic E-state index is 0.0242. The number of likely N-dealkylation sites (tertiary alicyclic amines) is 2. The molecule has 1 aromatic carbocycles. The van der Waals surface area contributed by atoms with Crippen LogP contribution in [0.3, 0.4) is 0 Å². The van der Waals surface area contributed by atoms with E-state index in [0.717, 1.165) is 57.5 Å². The van der Waals surface area contributed by atoms with Gasteiger partial charge in [0.15, 0.2) is 0 Å². The fourth-order valence-corrected chi connectivity index (χ4v) is 4.20. The van der Waals surface area contributed by atoms with Crippen molar-refractivity contribution in [1.29, 1.82) is 0 Å². The van der Waals surface area contributed by atoms with Crippen LogP contribution in [0.15, 0.2) is 30.3 Å². The van der Waals surface area contributed by atoms with Crippen molar-refractivity contribution in [2.24, 2.45) is 5.92 Å². The molecule has 0 unspecified atom stereocenters. The normalized spacial score (nSPS) is 20.2. The van der Waals surface area contributed by atoms with Crippen molar-refractivity contribution in [3.05, 3.63) is 30.3 Å². The van der Waals surface area contributed by atoms with Crippen molar-refractivity contribution in [1.82, 2.24) is 9.80 Å². The van der Waals surface area contributed by atoms with Gasteiger partial charge in [-0.25, -0.2) is 0 Å². The second kappa shape index (κ2) is 8.87. The van der Waals surface area contributed by atoms with Crippen LogP contribution in [0.2, 0.25) is 0 Å². The fraction of sp³-hybridized carbons (Fsp3) is 0.600. The van der Waals surface area contributed by atoms with Gasteiger partial charge in [-0.2, -0.15) is 0 Å². The first kappa shape index (κ1) is 19.2. The summed E-state index contributed by atoms with van der Waals surface area (Å²) >= 11 is 5.85. The van der Waals surface area contributed by atoms with Crippen molar-refractivity contribution < 1.29 is 9.59 Å². The lowest BCUT2D eigenvalue weighted by Crippen LogP contribution is -2.51. The minimum atomic E-state index is -0.0713. The number of carbonyl (C=O) groups is 2. The highest BCUT2D eigenvalue weighted by Crippen LogP contribution is 2.26. The second-order valence-electron chi connectivity index (χ2n) is 7.37. The van der Waals surface area contributed by atoms with Crippen LogP contribution in [0, 0.1) is 5.92 Å². The summed E-state index contributed by atoms with van der Waals surface area (Å²) in [7, 11) is 2.11. The third-order valence-corrected chi connectivity index (χ3v) is 5.86. The number of alkyl halides is 1. The number of halogens is 1. The predicted molar refractivity (Wildman–Crippen MR) is 104 cm³/mol. The maximum atomic E-state index is 12.8. The minimum Gasteiger partial charge on any atom is -0.342 e. The molecule has 0 spiro atoms. The third-order valence-electron chi connectivity index (χ3n) is 5.63. The van der Waals surface area contributed by atoms with Crippen molar-refractivity contribution in [3.63, 3.8) is 0 Å². The molecule has 0 N–H and O–H groups in total. The fourth-order valence-electron chi connectivity index (χ4n) is 4.07. The molecule has 0 radical (unpaired) electrons. The molecule has 2 fully saturated rings. The number of benzene rings is 1. The number of anilines is 1. The third kappa shape index (κ3) is 4.38. The van der Waals surface area contributed by atoms with E-state index in [9.17, 15) is 9.59 Å². The molecular formula is C20H28ClN3O2. The average Bonchev–Trinajstić information content (AvgIpc) is 2.69. The number of hydrogen-bond acceptors (Lipinski definition) is 3. The van der Waals surface area contributed by atoms with E-state index in [1.807, 2.05) is 40.1 Å². The van der Waals surface area contributed by atoms with Crippen molar-refractivity contribution in [2.45, 2.75) is 31.7 Å². The molecular weight excluding hydrogens is 350 g/mol. The highest BCUT2D eigenvalue weighted by atomic mass is 35.5. The lowest BCUT2D eigenvalue weighted by Gasteiger charge is -2.40. The highest BCUT2D eigenvalue weighted by Gasteiger charge is 2.33. The Kier molecular flexibility index (Phi) is 6.54. The van der Waals surface area contributed by atoms with Gasteiger partial charge in [-0.15, -0.1) is 11.6 Å².